The van der Waals surface area contributed by atoms with Crippen molar-refractivity contribution in [3.05, 3.63) is 0 Å². The molecule has 0 aliphatic rings. The predicted octanol–water partition coefficient (Wildman–Crippen LogP) is -4.18. The van der Waals surface area contributed by atoms with Crippen molar-refractivity contribution in [1.82, 2.24) is 0 Å². The quantitative estimate of drug-likeness (QED) is 0.187. The van der Waals surface area contributed by atoms with Crippen LogP contribution in [-0.4, -0.2) is 88.3 Å². The van der Waals surface area contributed by atoms with Crippen LogP contribution in [0.4, 0.5) is 0 Å². The van der Waals surface area contributed by atoms with E-state index in [9.17, 15) is 59.4 Å². The van der Waals surface area contributed by atoms with E-state index in [1.165, 1.54) is 20.8 Å². The second kappa shape index (κ2) is 42.5. The Kier molecular flexibility index (Phi) is 63.2. The van der Waals surface area contributed by atoms with Crippen LogP contribution < -0.4 is 30.6 Å². The van der Waals surface area contributed by atoms with Gasteiger partial charge in [-0.25, -0.2) is 0 Å². The Balaban J connectivity index is -0.0000000472. The Bertz CT molecular complexity index is 476. The minimum absolute atomic E-state index is 0. The number of hydrogen-bond acceptors (Lipinski definition) is 12. The van der Waals surface area contributed by atoms with Crippen LogP contribution in [0.1, 0.15) is 101 Å². The van der Waals surface area contributed by atoms with E-state index in [0.717, 1.165) is 19.3 Å². The van der Waals surface area contributed by atoms with Gasteiger partial charge in [-0.1, -0.05) is 60.8 Å². The maximum absolute atomic E-state index is 9.90. The molecule has 0 aromatic heterocycles. The van der Waals surface area contributed by atoms with Crippen molar-refractivity contribution in [3.8, 4) is 0 Å². The maximum Gasteiger partial charge on any atom is 3.00 e. The molecular weight excluding hydrogens is 534 g/mol. The molecule has 0 aromatic carbocycles. The van der Waals surface area contributed by atoms with Gasteiger partial charge in [-0.15, -0.1) is 18.3 Å². The van der Waals surface area contributed by atoms with Crippen LogP contribution in [0.2, 0.25) is 0 Å². The van der Waals surface area contributed by atoms with E-state index in [1.54, 1.807) is 20.8 Å². The number of hydrogen-bond donors (Lipinski definition) is 0. The topological polar surface area (TPSA) is 241 Å². The third kappa shape index (κ3) is 143. The fourth-order valence-electron chi connectivity index (χ4n) is 0.610. The van der Waals surface area contributed by atoms with Gasteiger partial charge in [0.1, 0.15) is 17.3 Å². The van der Waals surface area contributed by atoms with Crippen molar-refractivity contribution in [2.24, 2.45) is 0 Å². The molecule has 216 valence electrons. The van der Waals surface area contributed by atoms with E-state index in [2.05, 4.69) is 0 Å². The summed E-state index contributed by atoms with van der Waals surface area (Å²) in [7, 11) is 0. The van der Waals surface area contributed by atoms with Crippen molar-refractivity contribution < 1.29 is 59.4 Å². The summed E-state index contributed by atoms with van der Waals surface area (Å²) < 4.78 is 0. The molecule has 0 aliphatic heterocycles. The predicted molar refractivity (Wildman–Crippen MR) is 132 cm³/mol. The van der Waals surface area contributed by atoms with Crippen LogP contribution in [0.3, 0.4) is 0 Å². The average molecular weight is 577 g/mol. The van der Waals surface area contributed by atoms with Crippen molar-refractivity contribution >= 4 is 70.0 Å². The van der Waals surface area contributed by atoms with Crippen molar-refractivity contribution in [3.63, 3.8) is 0 Å². The van der Waals surface area contributed by atoms with Gasteiger partial charge >= 0.3 is 34.7 Å². The minimum atomic E-state index is -1.31. The van der Waals surface area contributed by atoms with Gasteiger partial charge in [0.2, 0.25) is 0 Å². The summed E-state index contributed by atoms with van der Waals surface area (Å²) in [6.07, 6.45) is -0.264. The molecule has 0 rings (SSSR count). The number of carboxylic acid groups (broad SMARTS) is 3. The van der Waals surface area contributed by atoms with E-state index >= 15 is 0 Å². The third-order valence-electron chi connectivity index (χ3n) is 2.90. The molecule has 0 bridgehead atoms. The van der Waals surface area contributed by atoms with Gasteiger partial charge in [0, 0.05) is 37.2 Å². The summed E-state index contributed by atoms with van der Waals surface area (Å²) in [5, 5.41) is 58.1. The van der Waals surface area contributed by atoms with Crippen molar-refractivity contribution in [1.29, 1.82) is 0 Å². The Morgan fingerprint density at radius 3 is 0.579 bits per heavy atom. The van der Waals surface area contributed by atoms with Crippen LogP contribution >= 0.6 is 0 Å². The largest absolute Gasteiger partial charge is 3.00 e. The van der Waals surface area contributed by atoms with E-state index in [4.69, 9.17) is 0 Å². The zero-order chi connectivity index (χ0) is 30.4. The van der Waals surface area contributed by atoms with Gasteiger partial charge in [0.05, 0.1) is 0 Å². The number of carbonyl (C=O) groups is 6. The molecule has 0 heterocycles. The second-order valence-corrected chi connectivity index (χ2v) is 7.41. The minimum Gasteiger partial charge on any atom is -0.852 e. The number of Topliss-reactive ketones (excluding diaryl/α,β-unsaturated/α-hetero) is 3. The third-order valence-corrected chi connectivity index (χ3v) is 2.90. The summed E-state index contributed by atoms with van der Waals surface area (Å²) in [5.74, 6) is -5.06. The van der Waals surface area contributed by atoms with Crippen molar-refractivity contribution in [2.75, 3.05) is 0 Å². The fraction of sp³-hybridized carbons (Fsp3) is 0.750. The number of carboxylic acids is 3. The van der Waals surface area contributed by atoms with E-state index in [-0.39, 0.29) is 70.4 Å². The van der Waals surface area contributed by atoms with Crippen LogP contribution in [0.25, 0.3) is 0 Å². The number of ketones is 3. The standard InChI is InChI=1S/3C4H6O3.3C4H9O.2Al/c3*1-3(5)2-4(6)7;3*1-3-4(2)5;;/h3*2H2,1H3,(H,6,7);3*4H,3H2,1-2H3;;/q;;;3*-1;2*+3/p-3. The zero-order valence-corrected chi connectivity index (χ0v) is 26.3. The molecular formula is C24H42Al2O12. The van der Waals surface area contributed by atoms with Gasteiger partial charge in [-0.3, -0.25) is 14.4 Å². The molecule has 0 N–H and O–H groups in total. The van der Waals surface area contributed by atoms with Gasteiger partial charge in [0.25, 0.3) is 0 Å². The Morgan fingerprint density at radius 2 is 0.579 bits per heavy atom. The molecule has 0 fully saturated rings. The SMILES string of the molecule is CC(=O)CC(=O)[O-].CC(=O)CC(=O)[O-].CC(=O)CC(=O)[O-].CCC(C)[O-].CCC(C)[O-].CCC(C)[O-].[Al+3].[Al+3]. The first kappa shape index (κ1) is 56.5. The van der Waals surface area contributed by atoms with Crippen LogP contribution in [-0.2, 0) is 28.8 Å². The monoisotopic (exact) mass is 576 g/mol. The molecule has 0 spiro atoms. The summed E-state index contributed by atoms with van der Waals surface area (Å²) in [6, 6.07) is 0. The van der Waals surface area contributed by atoms with Gasteiger partial charge in [-0.2, -0.15) is 0 Å². The van der Waals surface area contributed by atoms with Crippen molar-refractivity contribution in [2.45, 2.75) is 119 Å². The van der Waals surface area contributed by atoms with Gasteiger partial charge < -0.3 is 45.0 Å². The molecule has 0 aromatic rings. The molecule has 38 heavy (non-hydrogen) atoms. The Hall–Kier alpha value is -1.64. The van der Waals surface area contributed by atoms with Crippen LogP contribution in [0.15, 0.2) is 0 Å². The molecule has 0 saturated carbocycles. The molecule has 0 aliphatic carbocycles. The molecule has 0 amide bonds. The first-order chi connectivity index (χ1) is 16.2. The molecule has 12 nitrogen and oxygen atoms in total. The maximum atomic E-state index is 9.90. The smallest absolute Gasteiger partial charge is 0.852 e. The Labute approximate surface area is 248 Å². The number of carbonyl (C=O) groups excluding carboxylic acids is 6. The summed E-state index contributed by atoms with van der Waals surface area (Å²) in [4.78, 5) is 57.9. The molecule has 14 heteroatoms. The fourth-order valence-corrected chi connectivity index (χ4v) is 0.610. The second-order valence-electron chi connectivity index (χ2n) is 7.41. The molecule has 3 unspecified atom stereocenters. The van der Waals surface area contributed by atoms with Gasteiger partial charge in [-0.05, 0) is 20.8 Å². The normalized spacial score (nSPS) is 10.4. The van der Waals surface area contributed by atoms with Gasteiger partial charge in [0.15, 0.2) is 0 Å². The zero-order valence-electron chi connectivity index (χ0n) is 24.0. The molecule has 0 saturated heterocycles. The first-order valence-corrected chi connectivity index (χ1v) is 11.2. The van der Waals surface area contributed by atoms with E-state index < -0.39 is 37.2 Å². The Morgan fingerprint density at radius 1 is 0.474 bits per heavy atom. The van der Waals surface area contributed by atoms with Crippen LogP contribution in [0, 0.1) is 0 Å². The average Bonchev–Trinajstić information content (AvgIpc) is 2.67. The summed E-state index contributed by atoms with van der Waals surface area (Å²) in [6.45, 7) is 14.3. The van der Waals surface area contributed by atoms with Crippen LogP contribution in [0.5, 0.6) is 0 Å². The molecule has 3 atom stereocenters. The molecule has 0 radical (unpaired) electrons. The number of aliphatic carboxylic acids is 3. The first-order valence-electron chi connectivity index (χ1n) is 11.2. The summed E-state index contributed by atoms with van der Waals surface area (Å²) in [5.41, 5.74) is 0. The van der Waals surface area contributed by atoms with E-state index in [0.29, 0.717) is 0 Å². The number of rotatable bonds is 9. The van der Waals surface area contributed by atoms with E-state index in [1.807, 2.05) is 20.8 Å². The summed E-state index contributed by atoms with van der Waals surface area (Å²) >= 11 is 0.